The summed E-state index contributed by atoms with van der Waals surface area (Å²) in [5.41, 5.74) is 5.45. The zero-order valence-corrected chi connectivity index (χ0v) is 27.9. The van der Waals surface area contributed by atoms with Crippen LogP contribution in [0.4, 0.5) is 0 Å². The lowest BCUT2D eigenvalue weighted by atomic mass is 9.71. The molecule has 4 heterocycles. The van der Waals surface area contributed by atoms with Crippen molar-refractivity contribution < 1.29 is 19.0 Å². The molecule has 0 bridgehead atoms. The first kappa shape index (κ1) is 32.7. The second-order valence-electron chi connectivity index (χ2n) is 13.9. The largest absolute Gasteiger partial charge is 0.485 e. The summed E-state index contributed by atoms with van der Waals surface area (Å²) in [6.45, 7) is 7.85. The van der Waals surface area contributed by atoms with Crippen LogP contribution in [-0.4, -0.2) is 57.1 Å². The van der Waals surface area contributed by atoms with E-state index in [-0.39, 0.29) is 29.1 Å². The summed E-state index contributed by atoms with van der Waals surface area (Å²) >= 11 is 0. The van der Waals surface area contributed by atoms with Crippen LogP contribution in [0.1, 0.15) is 81.3 Å². The molecular weight excluding hydrogens is 590 g/mol. The normalized spacial score (nSPS) is 19.1. The number of rotatable bonds is 12. The van der Waals surface area contributed by atoms with E-state index in [2.05, 4.69) is 48.9 Å². The van der Waals surface area contributed by atoms with E-state index in [1.54, 1.807) is 24.8 Å². The van der Waals surface area contributed by atoms with Gasteiger partial charge in [-0.15, -0.1) is 0 Å². The Morgan fingerprint density at radius 1 is 0.915 bits per heavy atom. The molecule has 1 unspecified atom stereocenters. The molecule has 246 valence electrons. The van der Waals surface area contributed by atoms with Crippen molar-refractivity contribution in [3.63, 3.8) is 0 Å². The molecule has 2 aliphatic rings. The fraction of sp³-hybridized carbons (Fsp3) is 0.474. The van der Waals surface area contributed by atoms with Crippen molar-refractivity contribution in [2.24, 2.45) is 11.8 Å². The van der Waals surface area contributed by atoms with Crippen molar-refractivity contribution in [3.8, 4) is 23.0 Å². The van der Waals surface area contributed by atoms with Gasteiger partial charge in [-0.2, -0.15) is 0 Å². The number of pyridine rings is 1. The van der Waals surface area contributed by atoms with Crippen LogP contribution in [-0.2, 0) is 27.8 Å². The zero-order valence-electron chi connectivity index (χ0n) is 27.9. The van der Waals surface area contributed by atoms with E-state index >= 15 is 0 Å². The highest BCUT2D eigenvalue weighted by Crippen LogP contribution is 2.41. The van der Waals surface area contributed by atoms with Crippen LogP contribution < -0.4 is 9.47 Å². The van der Waals surface area contributed by atoms with Gasteiger partial charge in [0.2, 0.25) is 0 Å². The number of benzene rings is 1. The molecule has 0 spiro atoms. The Labute approximate surface area is 277 Å². The molecule has 9 nitrogen and oxygen atoms in total. The minimum absolute atomic E-state index is 0.0604. The van der Waals surface area contributed by atoms with Gasteiger partial charge in [-0.25, -0.2) is 9.97 Å². The molecule has 3 aromatic heterocycles. The predicted octanol–water partition coefficient (Wildman–Crippen LogP) is 6.75. The smallest absolute Gasteiger partial charge is 0.316 e. The van der Waals surface area contributed by atoms with E-state index in [4.69, 9.17) is 29.2 Å². The Balaban J connectivity index is 1.15. The Kier molecular flexibility index (Phi) is 10.2. The molecule has 0 amide bonds. The van der Waals surface area contributed by atoms with Crippen molar-refractivity contribution in [1.29, 1.82) is 0 Å². The van der Waals surface area contributed by atoms with E-state index in [1.165, 1.54) is 12.7 Å². The number of ether oxygens (including phenoxy) is 3. The number of carbonyl (C=O) groups is 1. The first-order valence-electron chi connectivity index (χ1n) is 16.8. The molecule has 0 radical (unpaired) electrons. The van der Waals surface area contributed by atoms with Crippen LogP contribution in [0.25, 0.3) is 11.3 Å². The maximum Gasteiger partial charge on any atom is 0.316 e. The van der Waals surface area contributed by atoms with Crippen molar-refractivity contribution in [3.05, 3.63) is 89.9 Å². The summed E-state index contributed by atoms with van der Waals surface area (Å²) in [5, 5.41) is 0. The summed E-state index contributed by atoms with van der Waals surface area (Å²) in [7, 11) is 1.53. The molecule has 1 saturated heterocycles. The minimum Gasteiger partial charge on any atom is -0.485 e. The van der Waals surface area contributed by atoms with E-state index in [0.29, 0.717) is 43.7 Å². The number of aryl methyl sites for hydroxylation is 1. The average molecular weight is 636 g/mol. The van der Waals surface area contributed by atoms with Gasteiger partial charge in [-0.3, -0.25) is 19.7 Å². The fourth-order valence-electron chi connectivity index (χ4n) is 6.67. The molecule has 1 aliphatic carbocycles. The van der Waals surface area contributed by atoms with E-state index in [1.807, 2.05) is 24.4 Å². The van der Waals surface area contributed by atoms with Gasteiger partial charge in [-0.1, -0.05) is 51.1 Å². The number of aromatic nitrogens is 5. The van der Waals surface area contributed by atoms with Gasteiger partial charge in [0.1, 0.15) is 17.6 Å². The van der Waals surface area contributed by atoms with Crippen molar-refractivity contribution in [2.75, 3.05) is 20.3 Å². The van der Waals surface area contributed by atoms with Crippen LogP contribution in [0.3, 0.4) is 0 Å². The number of hydrogen-bond acceptors (Lipinski definition) is 9. The molecule has 47 heavy (non-hydrogen) atoms. The van der Waals surface area contributed by atoms with Crippen molar-refractivity contribution in [2.45, 2.75) is 83.2 Å². The highest BCUT2D eigenvalue weighted by atomic mass is 16.6. The first-order chi connectivity index (χ1) is 22.8. The maximum absolute atomic E-state index is 13.9. The Morgan fingerprint density at radius 3 is 2.28 bits per heavy atom. The van der Waals surface area contributed by atoms with Gasteiger partial charge in [0.15, 0.2) is 0 Å². The maximum atomic E-state index is 13.9. The molecule has 1 aromatic carbocycles. The molecule has 6 rings (SSSR count). The van der Waals surface area contributed by atoms with Crippen LogP contribution in [0.15, 0.2) is 67.4 Å². The fourth-order valence-corrected chi connectivity index (χ4v) is 6.67. The topological polar surface area (TPSA) is 109 Å². The van der Waals surface area contributed by atoms with Gasteiger partial charge in [0.25, 0.3) is 0 Å². The van der Waals surface area contributed by atoms with Crippen molar-refractivity contribution in [1.82, 2.24) is 24.9 Å². The lowest BCUT2D eigenvalue weighted by molar-refractivity contribution is -0.122. The summed E-state index contributed by atoms with van der Waals surface area (Å²) < 4.78 is 16.8. The lowest BCUT2D eigenvalue weighted by Gasteiger charge is -2.33. The Bertz CT molecular complexity index is 1610. The summed E-state index contributed by atoms with van der Waals surface area (Å²) in [6, 6.07) is 12.7. The Morgan fingerprint density at radius 2 is 1.66 bits per heavy atom. The summed E-state index contributed by atoms with van der Waals surface area (Å²) in [5.74, 6) is 1.59. The monoisotopic (exact) mass is 635 g/mol. The third-order valence-corrected chi connectivity index (χ3v) is 9.44. The number of hydrogen-bond donors (Lipinski definition) is 0. The molecule has 1 saturated carbocycles. The molecule has 1 aliphatic heterocycles. The van der Waals surface area contributed by atoms with Gasteiger partial charge >= 0.3 is 6.01 Å². The van der Waals surface area contributed by atoms with E-state index in [0.717, 1.165) is 60.4 Å². The van der Waals surface area contributed by atoms with Crippen LogP contribution in [0.5, 0.6) is 11.8 Å². The van der Waals surface area contributed by atoms with Gasteiger partial charge in [0, 0.05) is 54.1 Å². The van der Waals surface area contributed by atoms with Gasteiger partial charge in [-0.05, 0) is 61.3 Å². The average Bonchev–Trinajstić information content (AvgIpc) is 3.07. The minimum atomic E-state index is -0.290. The molecule has 9 heteroatoms. The molecule has 0 N–H and O–H groups in total. The zero-order chi connectivity index (χ0) is 32.8. The van der Waals surface area contributed by atoms with E-state index < -0.39 is 0 Å². The number of Topliss-reactive ketones (excluding diaryl/α,β-unsaturated/α-hetero) is 1. The lowest BCUT2D eigenvalue weighted by Crippen LogP contribution is -2.39. The number of methoxy groups -OCH3 is 1. The van der Waals surface area contributed by atoms with Crippen LogP contribution in [0.2, 0.25) is 0 Å². The molecular formula is C38H45N5O4. The first-order valence-corrected chi connectivity index (χ1v) is 16.8. The van der Waals surface area contributed by atoms with E-state index in [9.17, 15) is 4.79 Å². The van der Waals surface area contributed by atoms with Gasteiger partial charge < -0.3 is 14.2 Å². The number of ketones is 1. The second kappa shape index (κ2) is 14.7. The van der Waals surface area contributed by atoms with Crippen molar-refractivity contribution >= 4 is 5.78 Å². The van der Waals surface area contributed by atoms with Crippen LogP contribution >= 0.6 is 0 Å². The van der Waals surface area contributed by atoms with Crippen LogP contribution in [0, 0.1) is 11.8 Å². The predicted molar refractivity (Wildman–Crippen MR) is 179 cm³/mol. The third kappa shape index (κ3) is 8.19. The third-order valence-electron chi connectivity index (χ3n) is 9.44. The molecule has 2 fully saturated rings. The standard InChI is InChI=1S/C38H45N5O4/c1-38(2,3)31-20-39-29(17-35(31)47-30-23-46-24-30)16-26-10-13-27(14-11-26)36(34(44)15-12-25-8-6-5-7-9-25)33-22-40-32(21-41-33)28-18-42-37(45-4)43-19-28/h5-9,17-22,26-27,30,36H,10-16,23-24H2,1-4H3. The summed E-state index contributed by atoms with van der Waals surface area (Å²) in [6.07, 6.45) is 15.0. The summed E-state index contributed by atoms with van der Waals surface area (Å²) in [4.78, 5) is 36.7. The highest BCUT2D eigenvalue weighted by Gasteiger charge is 2.34. The molecule has 4 aromatic rings. The second-order valence-corrected chi connectivity index (χ2v) is 13.9. The molecule has 1 atom stereocenters. The van der Waals surface area contributed by atoms with Gasteiger partial charge in [0.05, 0.1) is 43.8 Å². The number of nitrogens with zero attached hydrogens (tertiary/aromatic N) is 5. The highest BCUT2D eigenvalue weighted by molar-refractivity contribution is 5.85. The number of carbonyl (C=O) groups excluding carboxylic acids is 1. The quantitative estimate of drug-likeness (QED) is 0.167. The Hall–Kier alpha value is -4.24. The SMILES string of the molecule is COc1ncc(-c2cnc(C(C(=O)CCc3ccccc3)C3CCC(Cc4cc(OC5COC5)c(C(C)(C)C)cn4)CC3)cn2)cn1.